The number of aromatic amines is 1. The Bertz CT molecular complexity index is 854. The van der Waals surface area contributed by atoms with Gasteiger partial charge in [-0.3, -0.25) is 9.59 Å². The van der Waals surface area contributed by atoms with E-state index in [2.05, 4.69) is 15.5 Å². The van der Waals surface area contributed by atoms with E-state index in [1.807, 2.05) is 54.6 Å². The standard InChI is InChI=1S/C18H15N3O3/c22-17-11-10-16(20-21-17)18(23)19-12-13-6-8-15(9-7-13)24-14-4-2-1-3-5-14/h1-11H,12H2,(H,19,23)(H,21,22). The molecule has 0 aliphatic carbocycles. The van der Waals surface area contributed by atoms with Crippen LogP contribution in [0, 0.1) is 0 Å². The van der Waals surface area contributed by atoms with Crippen LogP contribution in [0.15, 0.2) is 71.5 Å². The van der Waals surface area contributed by atoms with Crippen molar-refractivity contribution in [3.8, 4) is 11.5 Å². The Labute approximate surface area is 138 Å². The molecule has 1 aromatic heterocycles. The van der Waals surface area contributed by atoms with E-state index in [0.717, 1.165) is 17.1 Å². The summed E-state index contributed by atoms with van der Waals surface area (Å²) in [7, 11) is 0. The highest BCUT2D eigenvalue weighted by Gasteiger charge is 2.07. The first-order valence-electron chi connectivity index (χ1n) is 7.36. The first-order valence-corrected chi connectivity index (χ1v) is 7.36. The summed E-state index contributed by atoms with van der Waals surface area (Å²) in [5, 5.41) is 8.65. The van der Waals surface area contributed by atoms with Crippen LogP contribution in [0.3, 0.4) is 0 Å². The van der Waals surface area contributed by atoms with Crippen molar-refractivity contribution in [2.24, 2.45) is 0 Å². The fourth-order valence-electron chi connectivity index (χ4n) is 2.04. The van der Waals surface area contributed by atoms with Gasteiger partial charge in [0.25, 0.3) is 11.5 Å². The Morgan fingerprint density at radius 3 is 2.33 bits per heavy atom. The number of ether oxygens (including phenoxy) is 1. The molecule has 3 rings (SSSR count). The van der Waals surface area contributed by atoms with Crippen molar-refractivity contribution in [2.45, 2.75) is 6.54 Å². The maximum Gasteiger partial charge on any atom is 0.271 e. The minimum absolute atomic E-state index is 0.165. The molecular weight excluding hydrogens is 306 g/mol. The number of carbonyl (C=O) groups excluding carboxylic acids is 1. The van der Waals surface area contributed by atoms with Gasteiger partial charge < -0.3 is 10.1 Å². The van der Waals surface area contributed by atoms with Gasteiger partial charge in [-0.15, -0.1) is 0 Å². The predicted molar refractivity (Wildman–Crippen MR) is 89.0 cm³/mol. The van der Waals surface area contributed by atoms with Gasteiger partial charge in [0.2, 0.25) is 0 Å². The van der Waals surface area contributed by atoms with E-state index in [1.54, 1.807) is 0 Å². The van der Waals surface area contributed by atoms with Gasteiger partial charge in [0.1, 0.15) is 17.2 Å². The van der Waals surface area contributed by atoms with Gasteiger partial charge in [-0.2, -0.15) is 5.10 Å². The molecule has 24 heavy (non-hydrogen) atoms. The van der Waals surface area contributed by atoms with Gasteiger partial charge in [0.15, 0.2) is 0 Å². The molecule has 0 saturated carbocycles. The van der Waals surface area contributed by atoms with E-state index in [9.17, 15) is 9.59 Å². The van der Waals surface area contributed by atoms with Crippen LogP contribution in [0.1, 0.15) is 16.1 Å². The van der Waals surface area contributed by atoms with Crippen LogP contribution in [-0.4, -0.2) is 16.1 Å². The molecule has 0 unspecified atom stereocenters. The van der Waals surface area contributed by atoms with Gasteiger partial charge in [-0.1, -0.05) is 30.3 Å². The van der Waals surface area contributed by atoms with E-state index in [1.165, 1.54) is 12.1 Å². The Kier molecular flexibility index (Phi) is 4.67. The molecule has 6 nitrogen and oxygen atoms in total. The number of nitrogens with zero attached hydrogens (tertiary/aromatic N) is 1. The molecule has 1 heterocycles. The minimum Gasteiger partial charge on any atom is -0.457 e. The number of amides is 1. The summed E-state index contributed by atoms with van der Waals surface area (Å²) in [5.41, 5.74) is 0.743. The Morgan fingerprint density at radius 1 is 0.958 bits per heavy atom. The summed E-state index contributed by atoms with van der Waals surface area (Å²) < 4.78 is 5.71. The highest BCUT2D eigenvalue weighted by Crippen LogP contribution is 2.21. The first kappa shape index (κ1) is 15.5. The lowest BCUT2D eigenvalue weighted by molar-refractivity contribution is 0.0945. The van der Waals surface area contributed by atoms with Crippen molar-refractivity contribution in [3.63, 3.8) is 0 Å². The van der Waals surface area contributed by atoms with Gasteiger partial charge in [0.05, 0.1) is 0 Å². The lowest BCUT2D eigenvalue weighted by Gasteiger charge is -2.07. The van der Waals surface area contributed by atoms with Gasteiger partial charge in [-0.05, 0) is 35.9 Å². The third-order valence-electron chi connectivity index (χ3n) is 3.27. The number of hydrogen-bond acceptors (Lipinski definition) is 4. The normalized spacial score (nSPS) is 10.2. The van der Waals surface area contributed by atoms with Crippen molar-refractivity contribution in [3.05, 3.63) is 88.3 Å². The summed E-state index contributed by atoms with van der Waals surface area (Å²) in [6, 6.07) is 19.6. The highest BCUT2D eigenvalue weighted by molar-refractivity contribution is 5.91. The fraction of sp³-hybridized carbons (Fsp3) is 0.0556. The lowest BCUT2D eigenvalue weighted by atomic mass is 10.2. The third kappa shape index (κ3) is 4.07. The van der Waals surface area contributed by atoms with E-state index in [4.69, 9.17) is 4.74 Å². The molecule has 0 radical (unpaired) electrons. The van der Waals surface area contributed by atoms with Crippen LogP contribution in [0.5, 0.6) is 11.5 Å². The second-order valence-electron chi connectivity index (χ2n) is 5.05. The van der Waals surface area contributed by atoms with Crippen molar-refractivity contribution in [1.29, 1.82) is 0 Å². The number of rotatable bonds is 5. The van der Waals surface area contributed by atoms with Gasteiger partial charge in [-0.25, -0.2) is 5.10 Å². The number of H-pyrrole nitrogens is 1. The number of benzene rings is 2. The number of carbonyl (C=O) groups is 1. The SMILES string of the molecule is O=C(NCc1ccc(Oc2ccccc2)cc1)c1ccc(=O)[nH]n1. The zero-order valence-electron chi connectivity index (χ0n) is 12.7. The molecule has 2 aromatic carbocycles. The molecule has 0 fully saturated rings. The molecule has 0 aliphatic rings. The highest BCUT2D eigenvalue weighted by atomic mass is 16.5. The Morgan fingerprint density at radius 2 is 1.67 bits per heavy atom. The lowest BCUT2D eigenvalue weighted by Crippen LogP contribution is -2.25. The second kappa shape index (κ2) is 7.23. The van der Waals surface area contributed by atoms with Crippen molar-refractivity contribution < 1.29 is 9.53 Å². The summed E-state index contributed by atoms with van der Waals surface area (Å²) in [6.07, 6.45) is 0. The smallest absolute Gasteiger partial charge is 0.271 e. The van der Waals surface area contributed by atoms with E-state index in [0.29, 0.717) is 6.54 Å². The molecule has 0 aliphatic heterocycles. The molecule has 3 aromatic rings. The molecular formula is C18H15N3O3. The van der Waals surface area contributed by atoms with E-state index in [-0.39, 0.29) is 17.2 Å². The second-order valence-corrected chi connectivity index (χ2v) is 5.05. The summed E-state index contributed by atoms with van der Waals surface area (Å²) >= 11 is 0. The van der Waals surface area contributed by atoms with Crippen molar-refractivity contribution >= 4 is 5.91 Å². The number of para-hydroxylation sites is 1. The number of nitrogens with one attached hydrogen (secondary N) is 2. The summed E-state index contributed by atoms with van der Waals surface area (Å²) in [5.74, 6) is 1.14. The molecule has 0 saturated heterocycles. The van der Waals surface area contributed by atoms with Crippen LogP contribution in [0.4, 0.5) is 0 Å². The molecule has 6 heteroatoms. The monoisotopic (exact) mass is 321 g/mol. The Balaban J connectivity index is 1.57. The van der Waals surface area contributed by atoms with Crippen LogP contribution >= 0.6 is 0 Å². The largest absolute Gasteiger partial charge is 0.457 e. The maximum absolute atomic E-state index is 11.9. The number of hydrogen-bond donors (Lipinski definition) is 2. The fourth-order valence-corrected chi connectivity index (χ4v) is 2.04. The molecule has 0 spiro atoms. The average Bonchev–Trinajstić information content (AvgIpc) is 2.62. The first-order chi connectivity index (χ1) is 11.7. The molecule has 0 atom stereocenters. The molecule has 1 amide bonds. The van der Waals surface area contributed by atoms with Crippen LogP contribution < -0.4 is 15.6 Å². The zero-order chi connectivity index (χ0) is 16.8. The van der Waals surface area contributed by atoms with Crippen LogP contribution in [0.2, 0.25) is 0 Å². The number of aromatic nitrogens is 2. The van der Waals surface area contributed by atoms with Crippen molar-refractivity contribution in [2.75, 3.05) is 0 Å². The van der Waals surface area contributed by atoms with Gasteiger partial charge in [0, 0.05) is 12.6 Å². The average molecular weight is 321 g/mol. The zero-order valence-corrected chi connectivity index (χ0v) is 12.7. The quantitative estimate of drug-likeness (QED) is 0.756. The van der Waals surface area contributed by atoms with Crippen molar-refractivity contribution in [1.82, 2.24) is 15.5 Å². The van der Waals surface area contributed by atoms with E-state index >= 15 is 0 Å². The molecule has 120 valence electrons. The Hall–Kier alpha value is -3.41. The summed E-state index contributed by atoms with van der Waals surface area (Å²) in [6.45, 7) is 0.352. The van der Waals surface area contributed by atoms with Gasteiger partial charge >= 0.3 is 0 Å². The molecule has 0 bridgehead atoms. The maximum atomic E-state index is 11.9. The molecule has 2 N–H and O–H groups in total. The van der Waals surface area contributed by atoms with E-state index < -0.39 is 0 Å². The summed E-state index contributed by atoms with van der Waals surface area (Å²) in [4.78, 5) is 22.8. The minimum atomic E-state index is -0.351. The topological polar surface area (TPSA) is 84.1 Å². The third-order valence-corrected chi connectivity index (χ3v) is 3.27. The van der Waals surface area contributed by atoms with Crippen LogP contribution in [-0.2, 0) is 6.54 Å². The predicted octanol–water partition coefficient (Wildman–Crippen LogP) is 2.49. The van der Waals surface area contributed by atoms with Crippen LogP contribution in [0.25, 0.3) is 0 Å².